The molecule has 136 valence electrons. The Labute approximate surface area is 150 Å². The van der Waals surface area contributed by atoms with Gasteiger partial charge in [0.05, 0.1) is 6.33 Å². The van der Waals surface area contributed by atoms with Gasteiger partial charge in [0.1, 0.15) is 5.82 Å². The van der Waals surface area contributed by atoms with Gasteiger partial charge in [-0.3, -0.25) is 9.78 Å². The predicted octanol–water partition coefficient (Wildman–Crippen LogP) is 1.33. The average Bonchev–Trinajstić information content (AvgIpc) is 3.20. The highest BCUT2D eigenvalue weighted by atomic mass is 19.1. The first-order chi connectivity index (χ1) is 12.4. The lowest BCUT2D eigenvalue weighted by Gasteiger charge is -2.25. The second kappa shape index (κ2) is 6.21. The molecule has 1 N–H and O–H groups in total. The van der Waals surface area contributed by atoms with Crippen molar-refractivity contribution in [3.8, 4) is 0 Å². The van der Waals surface area contributed by atoms with Crippen LogP contribution in [0.25, 0.3) is 11.2 Å². The van der Waals surface area contributed by atoms with Crippen LogP contribution < -0.4 is 10.5 Å². The molecule has 0 spiro atoms. The van der Waals surface area contributed by atoms with Crippen LogP contribution in [0, 0.1) is 5.82 Å². The molecule has 1 fully saturated rings. The molecule has 0 bridgehead atoms. The number of fused-ring (bicyclic) bond motifs is 1. The molecule has 0 unspecified atom stereocenters. The van der Waals surface area contributed by atoms with E-state index in [-0.39, 0.29) is 23.3 Å². The molecule has 26 heavy (non-hydrogen) atoms. The van der Waals surface area contributed by atoms with Gasteiger partial charge in [-0.15, -0.1) is 0 Å². The largest absolute Gasteiger partial charge is 0.340 e. The van der Waals surface area contributed by atoms with Gasteiger partial charge in [-0.05, 0) is 31.8 Å². The fourth-order valence-electron chi connectivity index (χ4n) is 3.72. The Bertz CT molecular complexity index is 993. The molecule has 3 heterocycles. The first kappa shape index (κ1) is 16.7. The van der Waals surface area contributed by atoms with E-state index in [4.69, 9.17) is 0 Å². The van der Waals surface area contributed by atoms with Crippen LogP contribution in [0.3, 0.4) is 0 Å². The van der Waals surface area contributed by atoms with Gasteiger partial charge < -0.3 is 14.4 Å². The minimum atomic E-state index is -0.239. The van der Waals surface area contributed by atoms with E-state index in [9.17, 15) is 9.18 Å². The van der Waals surface area contributed by atoms with Gasteiger partial charge in [-0.1, -0.05) is 12.1 Å². The molecule has 0 radical (unpaired) electrons. The van der Waals surface area contributed by atoms with Crippen molar-refractivity contribution in [2.24, 2.45) is 7.05 Å². The Kier molecular flexibility index (Phi) is 3.99. The van der Waals surface area contributed by atoms with Gasteiger partial charge in [0.15, 0.2) is 11.2 Å². The third-order valence-electron chi connectivity index (χ3n) is 5.12. The number of anilines is 1. The molecular formula is C18H21FN6O. The number of rotatable bonds is 3. The zero-order chi connectivity index (χ0) is 18.4. The van der Waals surface area contributed by atoms with Gasteiger partial charge >= 0.3 is 0 Å². The molecule has 0 aliphatic carbocycles. The summed E-state index contributed by atoms with van der Waals surface area (Å²) < 4.78 is 15.0. The Balaban J connectivity index is 1.70. The van der Waals surface area contributed by atoms with Crippen molar-refractivity contribution in [3.05, 3.63) is 52.3 Å². The highest BCUT2D eigenvalue weighted by Crippen LogP contribution is 2.32. The second-order valence-electron chi connectivity index (χ2n) is 7.01. The van der Waals surface area contributed by atoms with E-state index in [1.54, 1.807) is 17.9 Å². The van der Waals surface area contributed by atoms with Crippen LogP contribution in [0.5, 0.6) is 0 Å². The summed E-state index contributed by atoms with van der Waals surface area (Å²) >= 11 is 0. The van der Waals surface area contributed by atoms with Gasteiger partial charge in [0.2, 0.25) is 5.95 Å². The van der Waals surface area contributed by atoms with Crippen LogP contribution >= 0.6 is 0 Å². The maximum atomic E-state index is 13.3. The predicted molar refractivity (Wildman–Crippen MR) is 98.0 cm³/mol. The number of aromatic amines is 1. The van der Waals surface area contributed by atoms with Crippen molar-refractivity contribution in [2.75, 3.05) is 32.1 Å². The molecule has 3 aromatic rings. The summed E-state index contributed by atoms with van der Waals surface area (Å²) in [5.74, 6) is 0.476. The first-order valence-corrected chi connectivity index (χ1v) is 8.52. The molecule has 8 heteroatoms. The highest BCUT2D eigenvalue weighted by Gasteiger charge is 2.36. The third-order valence-corrected chi connectivity index (χ3v) is 5.12. The summed E-state index contributed by atoms with van der Waals surface area (Å²) in [6.45, 7) is 1.41. The van der Waals surface area contributed by atoms with E-state index in [1.165, 1.54) is 12.1 Å². The quantitative estimate of drug-likeness (QED) is 0.767. The molecule has 7 nitrogen and oxygen atoms in total. The Morgan fingerprint density at radius 2 is 1.96 bits per heavy atom. The number of aromatic nitrogens is 4. The third kappa shape index (κ3) is 2.76. The molecule has 2 aromatic heterocycles. The monoisotopic (exact) mass is 356 g/mol. The maximum Gasteiger partial charge on any atom is 0.278 e. The zero-order valence-electron chi connectivity index (χ0n) is 15.0. The lowest BCUT2D eigenvalue weighted by atomic mass is 9.94. The van der Waals surface area contributed by atoms with E-state index in [0.29, 0.717) is 23.7 Å². The summed E-state index contributed by atoms with van der Waals surface area (Å²) in [6, 6.07) is 6.87. The summed E-state index contributed by atoms with van der Waals surface area (Å²) in [6.07, 6.45) is 1.59. The summed E-state index contributed by atoms with van der Waals surface area (Å²) in [7, 11) is 5.83. The number of benzene rings is 1. The molecule has 1 aliphatic rings. The van der Waals surface area contributed by atoms with E-state index in [1.807, 2.05) is 26.2 Å². The van der Waals surface area contributed by atoms with Crippen molar-refractivity contribution >= 4 is 17.1 Å². The number of H-pyrrole nitrogens is 1. The van der Waals surface area contributed by atoms with Crippen molar-refractivity contribution in [2.45, 2.75) is 12.0 Å². The fourth-order valence-corrected chi connectivity index (χ4v) is 3.72. The minimum Gasteiger partial charge on any atom is -0.340 e. The smallest absolute Gasteiger partial charge is 0.278 e. The lowest BCUT2D eigenvalue weighted by molar-refractivity contribution is 0.292. The van der Waals surface area contributed by atoms with Crippen molar-refractivity contribution < 1.29 is 4.39 Å². The van der Waals surface area contributed by atoms with Crippen molar-refractivity contribution in [3.63, 3.8) is 0 Å². The molecule has 2 atom stereocenters. The molecule has 0 amide bonds. The normalized spacial score (nSPS) is 20.4. The van der Waals surface area contributed by atoms with Crippen molar-refractivity contribution in [1.82, 2.24) is 24.4 Å². The molecule has 1 saturated heterocycles. The Morgan fingerprint density at radius 3 is 2.65 bits per heavy atom. The number of likely N-dealkylation sites (N-methyl/N-ethyl adjacent to an activating group) is 1. The Morgan fingerprint density at radius 1 is 1.23 bits per heavy atom. The maximum absolute atomic E-state index is 13.3. The molecule has 1 aliphatic heterocycles. The molecule has 0 saturated carbocycles. The SMILES string of the molecule is CN(C)[C@@H]1CN(c2nc3ncn(C)c3c(=O)[nH]2)C[C@H]1c1ccc(F)cc1. The van der Waals surface area contributed by atoms with E-state index in [0.717, 1.165) is 12.1 Å². The number of nitrogens with one attached hydrogen (secondary N) is 1. The van der Waals surface area contributed by atoms with Crippen LogP contribution in [0.4, 0.5) is 10.3 Å². The summed E-state index contributed by atoms with van der Waals surface area (Å²) in [5.41, 5.74) is 1.79. The molecule has 4 rings (SSSR count). The van der Waals surface area contributed by atoms with Crippen molar-refractivity contribution in [1.29, 1.82) is 0 Å². The minimum absolute atomic E-state index is 0.190. The second-order valence-corrected chi connectivity index (χ2v) is 7.01. The van der Waals surface area contributed by atoms with Crippen LogP contribution in [0.15, 0.2) is 35.4 Å². The molecule has 1 aromatic carbocycles. The topological polar surface area (TPSA) is 70.1 Å². The van der Waals surface area contributed by atoms with E-state index < -0.39 is 0 Å². The average molecular weight is 356 g/mol. The number of halogens is 1. The van der Waals surface area contributed by atoms with Gasteiger partial charge in [-0.2, -0.15) is 4.98 Å². The highest BCUT2D eigenvalue weighted by molar-refractivity contribution is 5.70. The summed E-state index contributed by atoms with van der Waals surface area (Å²) in [5, 5.41) is 0. The van der Waals surface area contributed by atoms with Crippen LogP contribution in [-0.2, 0) is 7.05 Å². The number of hydrogen-bond acceptors (Lipinski definition) is 5. The van der Waals surface area contributed by atoms with Gasteiger partial charge in [0, 0.05) is 32.1 Å². The van der Waals surface area contributed by atoms with Crippen LogP contribution in [0.2, 0.25) is 0 Å². The van der Waals surface area contributed by atoms with Gasteiger partial charge in [0.25, 0.3) is 5.56 Å². The number of hydrogen-bond donors (Lipinski definition) is 1. The summed E-state index contributed by atoms with van der Waals surface area (Å²) in [4.78, 5) is 28.2. The Hall–Kier alpha value is -2.74. The molecular weight excluding hydrogens is 335 g/mol. The first-order valence-electron chi connectivity index (χ1n) is 8.52. The van der Waals surface area contributed by atoms with Crippen LogP contribution in [-0.4, -0.2) is 57.6 Å². The number of aryl methyl sites for hydroxylation is 1. The number of imidazole rings is 1. The van der Waals surface area contributed by atoms with Crippen LogP contribution in [0.1, 0.15) is 11.5 Å². The lowest BCUT2D eigenvalue weighted by Crippen LogP contribution is -2.35. The standard InChI is InChI=1S/C18H21FN6O/c1-23(2)14-9-25(8-13(14)11-4-6-12(19)7-5-11)18-21-16-15(17(26)22-18)24(3)10-20-16/h4-7,10,13-14H,8-9H2,1-3H3,(H,21,22,26)/t13-,14+/m0/s1. The van der Waals surface area contributed by atoms with E-state index >= 15 is 0 Å². The van der Waals surface area contributed by atoms with Gasteiger partial charge in [-0.25, -0.2) is 9.37 Å². The number of nitrogens with zero attached hydrogens (tertiary/aromatic N) is 5. The zero-order valence-corrected chi connectivity index (χ0v) is 15.0. The van der Waals surface area contributed by atoms with E-state index in [2.05, 4.69) is 24.8 Å². The fraction of sp³-hybridized carbons (Fsp3) is 0.389.